The second-order valence-corrected chi connectivity index (χ2v) is 5.57. The van der Waals surface area contributed by atoms with Crippen molar-refractivity contribution in [3.8, 4) is 0 Å². The first-order valence-electron chi connectivity index (χ1n) is 7.16. The molecule has 2 aliphatic heterocycles. The van der Waals surface area contributed by atoms with Crippen LogP contribution in [0.2, 0.25) is 0 Å². The van der Waals surface area contributed by atoms with Gasteiger partial charge in [-0.2, -0.15) is 0 Å². The van der Waals surface area contributed by atoms with Gasteiger partial charge in [-0.1, -0.05) is 0 Å². The van der Waals surface area contributed by atoms with E-state index >= 15 is 0 Å². The van der Waals surface area contributed by atoms with Gasteiger partial charge in [0.05, 0.1) is 6.54 Å². The van der Waals surface area contributed by atoms with Gasteiger partial charge in [0.25, 0.3) is 5.91 Å². The van der Waals surface area contributed by atoms with Crippen LogP contribution in [0.4, 0.5) is 0 Å². The van der Waals surface area contributed by atoms with Gasteiger partial charge in [0.15, 0.2) is 0 Å². The molecule has 2 unspecified atom stereocenters. The number of nitrogens with one attached hydrogen (secondary N) is 3. The topological polar surface area (TPSA) is 73.5 Å². The van der Waals surface area contributed by atoms with Gasteiger partial charge in [0, 0.05) is 19.5 Å². The Morgan fingerprint density at radius 2 is 2.11 bits per heavy atom. The second-order valence-electron chi connectivity index (χ2n) is 5.57. The number of carbonyl (C=O) groups excluding carboxylic acids is 2. The van der Waals surface area contributed by atoms with Crippen LogP contribution in [0.15, 0.2) is 0 Å². The van der Waals surface area contributed by atoms with E-state index in [4.69, 9.17) is 0 Å². The molecule has 0 aromatic rings. The number of carbonyl (C=O) groups is 2. The molecule has 2 amide bonds. The van der Waals surface area contributed by atoms with Crippen LogP contribution < -0.4 is 16.2 Å². The molecule has 0 saturated carbocycles. The highest BCUT2D eigenvalue weighted by Crippen LogP contribution is 2.24. The normalized spacial score (nSPS) is 28.1. The average Bonchev–Trinajstić information content (AvgIpc) is 2.90. The summed E-state index contributed by atoms with van der Waals surface area (Å²) in [5.74, 6) is 0.264. The Morgan fingerprint density at radius 1 is 1.26 bits per heavy atom. The smallest absolute Gasteiger partial charge is 0.252 e. The van der Waals surface area contributed by atoms with Crippen LogP contribution in [-0.4, -0.2) is 48.9 Å². The third-order valence-corrected chi connectivity index (χ3v) is 3.95. The molecule has 6 heteroatoms. The molecule has 0 aliphatic carbocycles. The standard InChI is InChI=1S/C13H24N4O2/c1-10(18)15-16-13(19)9-17-7-3-4-11(8-17)12-5-2-6-14-12/h11-12,14H,2-9H2,1H3,(H,15,18)(H,16,19). The minimum Gasteiger partial charge on any atom is -0.314 e. The van der Waals surface area contributed by atoms with Gasteiger partial charge in [0.2, 0.25) is 5.91 Å². The molecule has 0 spiro atoms. The van der Waals surface area contributed by atoms with Gasteiger partial charge in [0.1, 0.15) is 0 Å². The molecular formula is C13H24N4O2. The molecule has 2 fully saturated rings. The molecule has 0 bridgehead atoms. The van der Waals surface area contributed by atoms with Crippen LogP contribution >= 0.6 is 0 Å². The van der Waals surface area contributed by atoms with E-state index in [2.05, 4.69) is 21.1 Å². The van der Waals surface area contributed by atoms with E-state index in [0.29, 0.717) is 18.5 Å². The summed E-state index contributed by atoms with van der Waals surface area (Å²) in [5.41, 5.74) is 4.74. The van der Waals surface area contributed by atoms with Crippen molar-refractivity contribution in [3.05, 3.63) is 0 Å². The first-order valence-corrected chi connectivity index (χ1v) is 7.16. The molecule has 0 radical (unpaired) electrons. The minimum atomic E-state index is -0.250. The van der Waals surface area contributed by atoms with Crippen LogP contribution in [0.1, 0.15) is 32.6 Å². The number of nitrogens with zero attached hydrogens (tertiary/aromatic N) is 1. The van der Waals surface area contributed by atoms with E-state index < -0.39 is 0 Å². The fraction of sp³-hybridized carbons (Fsp3) is 0.846. The molecule has 3 N–H and O–H groups in total. The van der Waals surface area contributed by atoms with Crippen molar-refractivity contribution in [2.45, 2.75) is 38.6 Å². The third kappa shape index (κ3) is 4.47. The maximum atomic E-state index is 11.7. The number of hydrogen-bond acceptors (Lipinski definition) is 4. The summed E-state index contributed by atoms with van der Waals surface area (Å²) in [7, 11) is 0. The predicted octanol–water partition coefficient (Wildman–Crippen LogP) is -0.382. The molecule has 0 aromatic carbocycles. The van der Waals surface area contributed by atoms with Gasteiger partial charge >= 0.3 is 0 Å². The summed E-state index contributed by atoms with van der Waals surface area (Å²) >= 11 is 0. The van der Waals surface area contributed by atoms with E-state index in [1.165, 1.54) is 26.2 Å². The highest BCUT2D eigenvalue weighted by Gasteiger charge is 2.29. The molecule has 2 rings (SSSR count). The summed E-state index contributed by atoms with van der Waals surface area (Å²) in [6, 6.07) is 0.626. The molecular weight excluding hydrogens is 244 g/mol. The Morgan fingerprint density at radius 3 is 2.79 bits per heavy atom. The average molecular weight is 268 g/mol. The Labute approximate surface area is 114 Å². The molecule has 2 atom stereocenters. The summed E-state index contributed by atoms with van der Waals surface area (Å²) < 4.78 is 0. The minimum absolute atomic E-state index is 0.143. The van der Waals surface area contributed by atoms with Gasteiger partial charge in [-0.25, -0.2) is 0 Å². The van der Waals surface area contributed by atoms with Gasteiger partial charge < -0.3 is 5.32 Å². The quantitative estimate of drug-likeness (QED) is 0.610. The largest absolute Gasteiger partial charge is 0.314 e. The van der Waals surface area contributed by atoms with Gasteiger partial charge in [-0.15, -0.1) is 0 Å². The van der Waals surface area contributed by atoms with Crippen LogP contribution in [0.5, 0.6) is 0 Å². The Hall–Kier alpha value is -1.14. The van der Waals surface area contributed by atoms with E-state index in [9.17, 15) is 9.59 Å². The molecule has 19 heavy (non-hydrogen) atoms. The lowest BCUT2D eigenvalue weighted by Crippen LogP contribution is -2.49. The van der Waals surface area contributed by atoms with Crippen molar-refractivity contribution in [1.29, 1.82) is 0 Å². The van der Waals surface area contributed by atoms with Gasteiger partial charge in [-0.3, -0.25) is 25.3 Å². The molecule has 2 aliphatic rings. The second kappa shape index (κ2) is 6.86. The number of likely N-dealkylation sites (tertiary alicyclic amines) is 1. The number of piperidine rings is 1. The molecule has 6 nitrogen and oxygen atoms in total. The maximum Gasteiger partial charge on any atom is 0.252 e. The van der Waals surface area contributed by atoms with Crippen molar-refractivity contribution in [3.63, 3.8) is 0 Å². The zero-order valence-electron chi connectivity index (χ0n) is 11.6. The summed E-state index contributed by atoms with van der Waals surface area (Å²) in [5, 5.41) is 3.56. The third-order valence-electron chi connectivity index (χ3n) is 3.95. The Kier molecular flexibility index (Phi) is 5.15. The zero-order valence-corrected chi connectivity index (χ0v) is 11.6. The number of amides is 2. The van der Waals surface area contributed by atoms with Crippen LogP contribution in [0.3, 0.4) is 0 Å². The molecule has 2 heterocycles. The Balaban J connectivity index is 1.74. The predicted molar refractivity (Wildman–Crippen MR) is 72.1 cm³/mol. The first-order chi connectivity index (χ1) is 9.15. The van der Waals surface area contributed by atoms with Crippen molar-refractivity contribution >= 4 is 11.8 Å². The number of rotatable bonds is 3. The Bertz CT molecular complexity index is 329. The van der Waals surface area contributed by atoms with E-state index in [-0.39, 0.29) is 11.8 Å². The molecule has 0 aromatic heterocycles. The van der Waals surface area contributed by atoms with Crippen molar-refractivity contribution in [2.24, 2.45) is 5.92 Å². The lowest BCUT2D eigenvalue weighted by Gasteiger charge is -2.35. The van der Waals surface area contributed by atoms with Crippen LogP contribution in [0.25, 0.3) is 0 Å². The van der Waals surface area contributed by atoms with E-state index in [0.717, 1.165) is 26.1 Å². The number of hydrazine groups is 1. The number of hydrogen-bond donors (Lipinski definition) is 3. The molecule has 108 valence electrons. The first kappa shape index (κ1) is 14.3. The van der Waals surface area contributed by atoms with E-state index in [1.54, 1.807) is 0 Å². The zero-order chi connectivity index (χ0) is 13.7. The summed E-state index contributed by atoms with van der Waals surface area (Å²) in [4.78, 5) is 24.6. The van der Waals surface area contributed by atoms with Crippen molar-refractivity contribution < 1.29 is 9.59 Å². The van der Waals surface area contributed by atoms with Gasteiger partial charge in [-0.05, 0) is 44.7 Å². The fourth-order valence-corrected chi connectivity index (χ4v) is 3.08. The highest BCUT2D eigenvalue weighted by molar-refractivity contribution is 5.81. The van der Waals surface area contributed by atoms with Crippen molar-refractivity contribution in [1.82, 2.24) is 21.1 Å². The summed E-state index contributed by atoms with van der Waals surface area (Å²) in [6.07, 6.45) is 4.93. The lowest BCUT2D eigenvalue weighted by molar-refractivity contribution is -0.128. The lowest BCUT2D eigenvalue weighted by atomic mass is 9.90. The van der Waals surface area contributed by atoms with E-state index in [1.807, 2.05) is 0 Å². The monoisotopic (exact) mass is 268 g/mol. The SMILES string of the molecule is CC(=O)NNC(=O)CN1CCCC(C2CCCN2)C1. The maximum absolute atomic E-state index is 11.7. The fourth-order valence-electron chi connectivity index (χ4n) is 3.08. The summed E-state index contributed by atoms with van der Waals surface area (Å²) in [6.45, 7) is 4.82. The highest BCUT2D eigenvalue weighted by atomic mass is 16.2. The molecule has 2 saturated heterocycles. The van der Waals surface area contributed by atoms with Crippen LogP contribution in [-0.2, 0) is 9.59 Å². The van der Waals surface area contributed by atoms with Crippen LogP contribution in [0, 0.1) is 5.92 Å². The van der Waals surface area contributed by atoms with Crippen molar-refractivity contribution in [2.75, 3.05) is 26.2 Å².